The van der Waals surface area contributed by atoms with Gasteiger partial charge in [-0.15, -0.1) is 0 Å². The zero-order valence-corrected chi connectivity index (χ0v) is 19.4. The lowest BCUT2D eigenvalue weighted by molar-refractivity contribution is -0.123. The zero-order valence-electron chi connectivity index (χ0n) is 19.4. The van der Waals surface area contributed by atoms with Crippen molar-refractivity contribution in [2.45, 2.75) is 50.3 Å². The van der Waals surface area contributed by atoms with E-state index in [9.17, 15) is 4.79 Å². The first kappa shape index (κ1) is 21.9. The number of likely N-dealkylation sites (tertiary alicyclic amines) is 1. The second-order valence-electron chi connectivity index (χ2n) is 9.13. The Morgan fingerprint density at radius 2 is 1.91 bits per heavy atom. The molecular formula is C27H32N4O2. The molecule has 0 radical (unpaired) electrons. The van der Waals surface area contributed by atoms with Gasteiger partial charge in [0.2, 0.25) is 5.91 Å². The molecule has 2 atom stereocenters. The fourth-order valence-electron chi connectivity index (χ4n) is 5.81. The number of aromatic nitrogens is 2. The molecule has 2 aromatic heterocycles. The predicted octanol–water partition coefficient (Wildman–Crippen LogP) is 4.00. The molecule has 1 saturated heterocycles. The van der Waals surface area contributed by atoms with Gasteiger partial charge >= 0.3 is 0 Å². The molecule has 0 bridgehead atoms. The van der Waals surface area contributed by atoms with Gasteiger partial charge in [-0.05, 0) is 61.3 Å². The molecule has 1 aliphatic heterocycles. The topological polar surface area (TPSA) is 59.4 Å². The third-order valence-electron chi connectivity index (χ3n) is 7.43. The number of hydrogen-bond acceptors (Lipinski definition) is 4. The summed E-state index contributed by atoms with van der Waals surface area (Å²) in [6.45, 7) is 4.74. The number of nitrogens with one attached hydrogen (secondary N) is 1. The van der Waals surface area contributed by atoms with Crippen molar-refractivity contribution in [1.82, 2.24) is 19.8 Å². The highest BCUT2D eigenvalue weighted by molar-refractivity contribution is 5.76. The van der Waals surface area contributed by atoms with Crippen LogP contribution in [0.5, 0.6) is 0 Å². The number of ether oxygens (including phenoxy) is 1. The van der Waals surface area contributed by atoms with Gasteiger partial charge < -0.3 is 14.6 Å². The lowest BCUT2D eigenvalue weighted by Crippen LogP contribution is -2.50. The summed E-state index contributed by atoms with van der Waals surface area (Å²) in [6.07, 6.45) is 6.35. The van der Waals surface area contributed by atoms with E-state index in [1.54, 1.807) is 7.11 Å². The summed E-state index contributed by atoms with van der Waals surface area (Å²) in [4.78, 5) is 19.3. The highest BCUT2D eigenvalue weighted by Gasteiger charge is 2.53. The first-order valence-electron chi connectivity index (χ1n) is 11.9. The number of hydrogen-bond donors (Lipinski definition) is 1. The van der Waals surface area contributed by atoms with E-state index in [1.165, 1.54) is 16.8 Å². The average molecular weight is 445 g/mol. The number of benzene rings is 1. The van der Waals surface area contributed by atoms with Crippen LogP contribution in [0.4, 0.5) is 0 Å². The molecule has 1 aromatic carbocycles. The SMILES string of the molecule is CCC(=O)N[C@@H]1c2ccccc2C2(CCN(Cc3cccn3-c3ccccn3)CC2)[C@H]1OC. The maximum absolute atomic E-state index is 12.3. The molecule has 1 aliphatic carbocycles. The largest absolute Gasteiger partial charge is 0.378 e. The number of rotatable bonds is 6. The smallest absolute Gasteiger partial charge is 0.220 e. The first-order chi connectivity index (χ1) is 16.2. The van der Waals surface area contributed by atoms with Crippen LogP contribution in [0.15, 0.2) is 67.0 Å². The second kappa shape index (κ2) is 9.12. The Bertz CT molecular complexity index is 1100. The van der Waals surface area contributed by atoms with E-state index in [4.69, 9.17) is 4.74 Å². The maximum atomic E-state index is 12.3. The van der Waals surface area contributed by atoms with E-state index in [-0.39, 0.29) is 23.5 Å². The van der Waals surface area contributed by atoms with Crippen LogP contribution in [0.1, 0.15) is 49.0 Å². The van der Waals surface area contributed by atoms with E-state index < -0.39 is 0 Å². The summed E-state index contributed by atoms with van der Waals surface area (Å²) in [5.74, 6) is 1.02. The molecular weight excluding hydrogens is 412 g/mol. The number of fused-ring (bicyclic) bond motifs is 2. The van der Waals surface area contributed by atoms with E-state index >= 15 is 0 Å². The highest BCUT2D eigenvalue weighted by Crippen LogP contribution is 2.52. The van der Waals surface area contributed by atoms with Crippen molar-refractivity contribution < 1.29 is 9.53 Å². The van der Waals surface area contributed by atoms with E-state index in [2.05, 4.69) is 62.4 Å². The minimum absolute atomic E-state index is 0.0510. The Balaban J connectivity index is 1.36. The summed E-state index contributed by atoms with van der Waals surface area (Å²) in [6, 6.07) is 18.8. The van der Waals surface area contributed by atoms with Crippen molar-refractivity contribution in [2.75, 3.05) is 20.2 Å². The predicted molar refractivity (Wildman–Crippen MR) is 128 cm³/mol. The molecule has 3 heterocycles. The van der Waals surface area contributed by atoms with Crippen molar-refractivity contribution in [3.63, 3.8) is 0 Å². The number of carbonyl (C=O) groups excluding carboxylic acids is 1. The molecule has 2 aliphatic rings. The van der Waals surface area contributed by atoms with Crippen molar-refractivity contribution in [3.8, 4) is 5.82 Å². The van der Waals surface area contributed by atoms with Crippen LogP contribution in [0.25, 0.3) is 5.82 Å². The standard InChI is InChI=1S/C27H32N4O2/c1-3-24(32)29-25-21-10-4-5-11-22(21)27(26(25)33-2)13-17-30(18-14-27)19-20-9-8-16-31(20)23-12-6-7-15-28-23/h4-12,15-16,25-26H,3,13-14,17-19H2,1-2H3,(H,29,32)/t25-,26+/m1/s1. The lowest BCUT2D eigenvalue weighted by Gasteiger charge is -2.44. The molecule has 33 heavy (non-hydrogen) atoms. The number of pyridine rings is 1. The summed E-state index contributed by atoms with van der Waals surface area (Å²) in [5.41, 5.74) is 3.72. The van der Waals surface area contributed by atoms with Crippen molar-refractivity contribution in [2.24, 2.45) is 0 Å². The lowest BCUT2D eigenvalue weighted by atomic mass is 9.72. The Morgan fingerprint density at radius 3 is 2.64 bits per heavy atom. The first-order valence-corrected chi connectivity index (χ1v) is 11.9. The van der Waals surface area contributed by atoms with Crippen LogP contribution in [0.3, 0.4) is 0 Å². The van der Waals surface area contributed by atoms with Crippen LogP contribution in [0.2, 0.25) is 0 Å². The Hall–Kier alpha value is -2.96. The molecule has 5 rings (SSSR count). The van der Waals surface area contributed by atoms with Gasteiger partial charge in [-0.2, -0.15) is 0 Å². The van der Waals surface area contributed by atoms with Crippen molar-refractivity contribution in [3.05, 3.63) is 83.8 Å². The summed E-state index contributed by atoms with van der Waals surface area (Å²) >= 11 is 0. The van der Waals surface area contributed by atoms with Crippen LogP contribution in [-0.2, 0) is 21.5 Å². The summed E-state index contributed by atoms with van der Waals surface area (Å²) < 4.78 is 8.29. The Kier molecular flexibility index (Phi) is 6.04. The summed E-state index contributed by atoms with van der Waals surface area (Å²) in [7, 11) is 1.79. The minimum Gasteiger partial charge on any atom is -0.378 e. The molecule has 0 unspecified atom stereocenters. The van der Waals surface area contributed by atoms with Gasteiger partial charge in [0.05, 0.1) is 12.1 Å². The van der Waals surface area contributed by atoms with Crippen molar-refractivity contribution in [1.29, 1.82) is 0 Å². The Morgan fingerprint density at radius 1 is 1.12 bits per heavy atom. The second-order valence-corrected chi connectivity index (χ2v) is 9.13. The van der Waals surface area contributed by atoms with E-state index in [0.717, 1.165) is 38.3 Å². The summed E-state index contributed by atoms with van der Waals surface area (Å²) in [5, 5.41) is 3.24. The molecule has 1 fully saturated rings. The molecule has 6 nitrogen and oxygen atoms in total. The fraction of sp³-hybridized carbons (Fsp3) is 0.407. The van der Waals surface area contributed by atoms with Gasteiger partial charge in [0.25, 0.3) is 0 Å². The van der Waals surface area contributed by atoms with Gasteiger partial charge in [0, 0.05) is 43.6 Å². The van der Waals surface area contributed by atoms with Crippen LogP contribution < -0.4 is 5.32 Å². The van der Waals surface area contributed by atoms with Gasteiger partial charge in [0.15, 0.2) is 0 Å². The van der Waals surface area contributed by atoms with Crippen LogP contribution in [0, 0.1) is 0 Å². The molecule has 6 heteroatoms. The third kappa shape index (κ3) is 3.87. The van der Waals surface area contributed by atoms with E-state index in [1.807, 2.05) is 31.3 Å². The van der Waals surface area contributed by atoms with Crippen LogP contribution >= 0.6 is 0 Å². The Labute approximate surface area is 195 Å². The number of carbonyl (C=O) groups is 1. The van der Waals surface area contributed by atoms with Gasteiger partial charge in [-0.3, -0.25) is 9.69 Å². The number of piperidine rings is 1. The number of nitrogens with zero attached hydrogens (tertiary/aromatic N) is 3. The van der Waals surface area contributed by atoms with Crippen molar-refractivity contribution >= 4 is 5.91 Å². The maximum Gasteiger partial charge on any atom is 0.220 e. The highest BCUT2D eigenvalue weighted by atomic mass is 16.5. The molecule has 3 aromatic rings. The number of amides is 1. The zero-order chi connectivity index (χ0) is 22.8. The molecule has 1 spiro atoms. The van der Waals surface area contributed by atoms with Crippen LogP contribution in [-0.4, -0.2) is 46.7 Å². The molecule has 172 valence electrons. The average Bonchev–Trinajstić information content (AvgIpc) is 3.42. The molecule has 0 saturated carbocycles. The fourth-order valence-corrected chi connectivity index (χ4v) is 5.81. The molecule has 1 N–H and O–H groups in total. The normalized spacial score (nSPS) is 21.8. The third-order valence-corrected chi connectivity index (χ3v) is 7.43. The van der Waals surface area contributed by atoms with E-state index in [0.29, 0.717) is 6.42 Å². The monoisotopic (exact) mass is 444 g/mol. The van der Waals surface area contributed by atoms with Gasteiger partial charge in [-0.1, -0.05) is 37.3 Å². The molecule has 1 amide bonds. The van der Waals surface area contributed by atoms with Gasteiger partial charge in [-0.25, -0.2) is 4.98 Å². The van der Waals surface area contributed by atoms with Gasteiger partial charge in [0.1, 0.15) is 5.82 Å². The minimum atomic E-state index is -0.0911. The number of methoxy groups -OCH3 is 1. The quantitative estimate of drug-likeness (QED) is 0.624.